The maximum Gasteiger partial charge on any atom is 0.404 e. The molecule has 44 heavy (non-hydrogen) atoms. The first-order valence-corrected chi connectivity index (χ1v) is 16.1. The maximum atomic E-state index is 12.0. The minimum Gasteiger partial charge on any atom is -0.462 e. The second kappa shape index (κ2) is 19.1. The fraction of sp³-hybridized carbons (Fsp3) is 0.714. The quantitative estimate of drug-likeness (QED) is 0.0805. The van der Waals surface area contributed by atoms with Gasteiger partial charge in [-0.15, -0.1) is 0 Å². The number of carbonyl (C=O) groups excluding carboxylic acids is 2. The van der Waals surface area contributed by atoms with Crippen molar-refractivity contribution in [1.82, 2.24) is 0 Å². The van der Waals surface area contributed by atoms with Gasteiger partial charge in [0.25, 0.3) is 0 Å². The number of carbonyl (C=O) groups is 2. The lowest BCUT2D eigenvalue weighted by atomic mass is 9.80. The van der Waals surface area contributed by atoms with Crippen molar-refractivity contribution in [3.05, 3.63) is 48.6 Å². The first-order chi connectivity index (χ1) is 20.5. The van der Waals surface area contributed by atoms with Crippen LogP contribution in [-0.2, 0) is 14.3 Å². The normalized spacial score (nSPS) is 27.5. The van der Waals surface area contributed by atoms with E-state index in [2.05, 4.69) is 19.6 Å². The van der Waals surface area contributed by atoms with Crippen molar-refractivity contribution in [2.75, 3.05) is 0 Å². The standard InChI is InChI=1S/C35H59NO8/c1-10-12-14-21(4)33(44-35(36)42)25(8)31(39)23(6)18-27(13-11-2)17-22(5)30(38)20(3)15-16-28(37)19-29-24(7)32(40)26(9)34(41)43-29/h10,12,14-17,20-26,28-33,37-40H,1,11,13,18-19H2,2-9H3,(H2,36,42)/b14-12-,16-15-,27-17-/t20-,21-,22-,23-,24-,25-,26+,28+,29-,30-,31+,32-,33-/m0/s1. The van der Waals surface area contributed by atoms with E-state index in [1.807, 2.05) is 40.7 Å². The van der Waals surface area contributed by atoms with E-state index in [9.17, 15) is 30.0 Å². The molecule has 252 valence electrons. The Labute approximate surface area is 264 Å². The van der Waals surface area contributed by atoms with E-state index >= 15 is 0 Å². The number of aliphatic hydroxyl groups excluding tert-OH is 4. The summed E-state index contributed by atoms with van der Waals surface area (Å²) >= 11 is 0. The van der Waals surface area contributed by atoms with E-state index in [0.29, 0.717) is 6.42 Å². The highest BCUT2D eigenvalue weighted by atomic mass is 16.6. The smallest absolute Gasteiger partial charge is 0.404 e. The Bertz CT molecular complexity index is 993. The molecule has 1 aliphatic rings. The maximum absolute atomic E-state index is 12.0. The molecule has 1 aliphatic heterocycles. The van der Waals surface area contributed by atoms with Crippen molar-refractivity contribution in [2.24, 2.45) is 47.2 Å². The molecule has 9 heteroatoms. The van der Waals surface area contributed by atoms with Crippen LogP contribution in [0.4, 0.5) is 4.79 Å². The monoisotopic (exact) mass is 621 g/mol. The number of primary amides is 1. The fourth-order valence-corrected chi connectivity index (χ4v) is 6.14. The van der Waals surface area contributed by atoms with Gasteiger partial charge in [-0.2, -0.15) is 0 Å². The zero-order valence-electron chi connectivity index (χ0n) is 28.0. The Kier molecular flexibility index (Phi) is 17.2. The van der Waals surface area contributed by atoms with Crippen molar-refractivity contribution in [1.29, 1.82) is 0 Å². The van der Waals surface area contributed by atoms with E-state index < -0.39 is 54.6 Å². The number of amides is 1. The van der Waals surface area contributed by atoms with Gasteiger partial charge < -0.3 is 35.6 Å². The Balaban J connectivity index is 2.90. The largest absolute Gasteiger partial charge is 0.462 e. The molecule has 0 spiro atoms. The van der Waals surface area contributed by atoms with Gasteiger partial charge in [-0.3, -0.25) is 4.79 Å². The van der Waals surface area contributed by atoms with Crippen LogP contribution in [0.3, 0.4) is 0 Å². The number of rotatable bonds is 18. The van der Waals surface area contributed by atoms with Crippen LogP contribution in [0.25, 0.3) is 0 Å². The molecule has 0 aromatic rings. The molecule has 1 saturated heterocycles. The van der Waals surface area contributed by atoms with Gasteiger partial charge in [0.2, 0.25) is 0 Å². The summed E-state index contributed by atoms with van der Waals surface area (Å²) in [5.74, 6) is -2.51. The van der Waals surface area contributed by atoms with Crippen LogP contribution < -0.4 is 5.73 Å². The molecule has 0 aromatic heterocycles. The van der Waals surface area contributed by atoms with Crippen LogP contribution in [0.2, 0.25) is 0 Å². The summed E-state index contributed by atoms with van der Waals surface area (Å²) in [6.45, 7) is 18.7. The Morgan fingerprint density at radius 2 is 1.66 bits per heavy atom. The molecule has 6 N–H and O–H groups in total. The third kappa shape index (κ3) is 12.1. The van der Waals surface area contributed by atoms with Crippen molar-refractivity contribution in [3.63, 3.8) is 0 Å². The Hall–Kier alpha value is -2.46. The molecule has 1 heterocycles. The predicted molar refractivity (Wildman–Crippen MR) is 173 cm³/mol. The van der Waals surface area contributed by atoms with Gasteiger partial charge in [0, 0.05) is 36.0 Å². The van der Waals surface area contributed by atoms with Crippen molar-refractivity contribution >= 4 is 12.1 Å². The van der Waals surface area contributed by atoms with Crippen LogP contribution in [-0.4, -0.2) is 69.1 Å². The van der Waals surface area contributed by atoms with Crippen molar-refractivity contribution < 1.29 is 39.5 Å². The molecule has 0 radical (unpaired) electrons. The predicted octanol–water partition coefficient (Wildman–Crippen LogP) is 5.08. The number of aliphatic hydroxyl groups is 4. The van der Waals surface area contributed by atoms with Gasteiger partial charge in [0.1, 0.15) is 12.2 Å². The van der Waals surface area contributed by atoms with Crippen molar-refractivity contribution in [3.8, 4) is 0 Å². The molecule has 0 saturated carbocycles. The van der Waals surface area contributed by atoms with E-state index in [1.165, 1.54) is 0 Å². The zero-order valence-corrected chi connectivity index (χ0v) is 28.0. The summed E-state index contributed by atoms with van der Waals surface area (Å²) in [7, 11) is 0. The van der Waals surface area contributed by atoms with Gasteiger partial charge in [-0.1, -0.05) is 103 Å². The van der Waals surface area contributed by atoms with E-state index in [1.54, 1.807) is 38.2 Å². The van der Waals surface area contributed by atoms with Crippen LogP contribution in [0.5, 0.6) is 0 Å². The fourth-order valence-electron chi connectivity index (χ4n) is 6.14. The highest BCUT2D eigenvalue weighted by Crippen LogP contribution is 2.31. The number of allylic oxidation sites excluding steroid dienone is 3. The van der Waals surface area contributed by atoms with E-state index in [4.69, 9.17) is 15.2 Å². The highest BCUT2D eigenvalue weighted by molar-refractivity contribution is 5.73. The average molecular weight is 622 g/mol. The molecule has 0 unspecified atom stereocenters. The first-order valence-electron chi connectivity index (χ1n) is 16.1. The molecule has 1 rings (SSSR count). The Morgan fingerprint density at radius 3 is 2.23 bits per heavy atom. The van der Waals surface area contributed by atoms with Gasteiger partial charge in [-0.25, -0.2) is 4.79 Å². The second-order valence-corrected chi connectivity index (χ2v) is 13.0. The summed E-state index contributed by atoms with van der Waals surface area (Å²) in [4.78, 5) is 23.6. The molecule has 13 atom stereocenters. The number of hydrogen-bond acceptors (Lipinski definition) is 8. The minimum absolute atomic E-state index is 0.146. The lowest BCUT2D eigenvalue weighted by Gasteiger charge is -2.36. The van der Waals surface area contributed by atoms with Gasteiger partial charge >= 0.3 is 12.1 Å². The lowest BCUT2D eigenvalue weighted by Crippen LogP contribution is -2.47. The average Bonchev–Trinajstić information content (AvgIpc) is 2.97. The molecule has 0 bridgehead atoms. The number of ether oxygens (including phenoxy) is 2. The summed E-state index contributed by atoms with van der Waals surface area (Å²) in [5.41, 5.74) is 6.46. The molecular weight excluding hydrogens is 562 g/mol. The SMILES string of the molecule is C=C/C=C\[C@H](C)[C@H](OC(N)=O)[C@@H](C)[C@H](O)[C@@H](C)C/C(=C\[C@H](C)[C@@H](O)[C@@H](C)/C=C\[C@@H](O)C[C@@H]1OC(=O)[C@H](C)[C@@H](O)[C@H]1C)CCC. The molecular formula is C35H59NO8. The summed E-state index contributed by atoms with van der Waals surface area (Å²) in [5, 5.41) is 43.2. The minimum atomic E-state index is -0.895. The van der Waals surface area contributed by atoms with E-state index in [-0.39, 0.29) is 41.9 Å². The number of esters is 1. The lowest BCUT2D eigenvalue weighted by molar-refractivity contribution is -0.179. The van der Waals surface area contributed by atoms with E-state index in [0.717, 1.165) is 18.4 Å². The summed E-state index contributed by atoms with van der Waals surface area (Å²) < 4.78 is 10.8. The van der Waals surface area contributed by atoms with Crippen molar-refractivity contribution in [2.45, 2.75) is 118 Å². The van der Waals surface area contributed by atoms with Crippen LogP contribution in [0.15, 0.2) is 48.6 Å². The Morgan fingerprint density at radius 1 is 1.02 bits per heavy atom. The third-order valence-corrected chi connectivity index (χ3v) is 9.08. The highest BCUT2D eigenvalue weighted by Gasteiger charge is 2.41. The van der Waals surface area contributed by atoms with Gasteiger partial charge in [0.05, 0.1) is 30.3 Å². The summed E-state index contributed by atoms with van der Waals surface area (Å²) in [6, 6.07) is 0. The summed E-state index contributed by atoms with van der Waals surface area (Å²) in [6.07, 6.45) is 7.95. The van der Waals surface area contributed by atoms with Gasteiger partial charge in [-0.05, 0) is 25.7 Å². The number of cyclic esters (lactones) is 1. The van der Waals surface area contributed by atoms with Gasteiger partial charge in [0.15, 0.2) is 0 Å². The number of nitrogens with two attached hydrogens (primary N) is 1. The van der Waals surface area contributed by atoms with Crippen LogP contribution in [0, 0.1) is 41.4 Å². The molecule has 0 aliphatic carbocycles. The molecule has 1 fully saturated rings. The molecule has 1 amide bonds. The topological polar surface area (TPSA) is 160 Å². The molecule has 0 aromatic carbocycles. The molecule has 9 nitrogen and oxygen atoms in total. The third-order valence-electron chi connectivity index (χ3n) is 9.08. The second-order valence-electron chi connectivity index (χ2n) is 13.0. The zero-order chi connectivity index (χ0) is 33.7. The van der Waals surface area contributed by atoms with Crippen LogP contribution in [0.1, 0.15) is 81.1 Å². The number of hydrogen-bond donors (Lipinski definition) is 5. The van der Waals surface area contributed by atoms with Crippen LogP contribution >= 0.6 is 0 Å². The first kappa shape index (κ1) is 39.6.